The fourth-order valence-electron chi connectivity index (χ4n) is 4.41. The second-order valence-electron chi connectivity index (χ2n) is 8.11. The van der Waals surface area contributed by atoms with Crippen LogP contribution in [0.1, 0.15) is 53.2 Å². The van der Waals surface area contributed by atoms with E-state index in [0.29, 0.717) is 18.7 Å². The molecule has 1 N–H and O–H groups in total. The summed E-state index contributed by atoms with van der Waals surface area (Å²) in [6.07, 6.45) is 3.60. The summed E-state index contributed by atoms with van der Waals surface area (Å²) in [5.41, 5.74) is 2.40. The molecule has 1 saturated heterocycles. The van der Waals surface area contributed by atoms with Crippen LogP contribution < -0.4 is 5.32 Å². The Bertz CT molecular complexity index is 894. The molecule has 0 radical (unpaired) electrons. The summed E-state index contributed by atoms with van der Waals surface area (Å²) in [5.74, 6) is -0.504. The normalized spacial score (nSPS) is 17.2. The minimum Gasteiger partial charge on any atom is -0.356 e. The first-order valence-corrected chi connectivity index (χ1v) is 10.8. The van der Waals surface area contributed by atoms with Crippen LogP contribution in [0.4, 0.5) is 4.39 Å². The fourth-order valence-corrected chi connectivity index (χ4v) is 4.41. The third-order valence-corrected chi connectivity index (χ3v) is 6.03. The molecule has 0 aliphatic carbocycles. The van der Waals surface area contributed by atoms with E-state index in [4.69, 9.17) is 0 Å². The molecule has 2 aromatic rings. The molecule has 1 atom stereocenters. The Kier molecular flexibility index (Phi) is 6.43. The average molecular weight is 410 g/mol. The second-order valence-corrected chi connectivity index (χ2v) is 8.11. The lowest BCUT2D eigenvalue weighted by Crippen LogP contribution is -2.35. The molecule has 2 heterocycles. The van der Waals surface area contributed by atoms with Gasteiger partial charge in [0, 0.05) is 18.7 Å². The molecule has 4 rings (SSSR count). The smallest absolute Gasteiger partial charge is 0.255 e. The zero-order valence-electron chi connectivity index (χ0n) is 17.1. The molecule has 2 aliphatic rings. The number of hydrogen-bond donors (Lipinski definition) is 1. The van der Waals surface area contributed by atoms with Gasteiger partial charge in [-0.3, -0.25) is 9.59 Å². The first-order chi connectivity index (χ1) is 14.6. The monoisotopic (exact) mass is 409 g/mol. The molecule has 30 heavy (non-hydrogen) atoms. The van der Waals surface area contributed by atoms with Gasteiger partial charge in [-0.15, -0.1) is 0 Å². The van der Waals surface area contributed by atoms with Crippen molar-refractivity contribution in [2.75, 3.05) is 26.2 Å². The Morgan fingerprint density at radius 2 is 1.80 bits per heavy atom. The number of halogens is 1. The highest BCUT2D eigenvalue weighted by atomic mass is 19.1. The molecular weight excluding hydrogens is 381 g/mol. The molecule has 0 aromatic heterocycles. The zero-order chi connectivity index (χ0) is 20.9. The molecule has 0 spiro atoms. The Hall–Kier alpha value is -2.73. The van der Waals surface area contributed by atoms with Gasteiger partial charge in [0.2, 0.25) is 5.91 Å². The first kappa shape index (κ1) is 20.5. The Labute approximate surface area is 176 Å². The van der Waals surface area contributed by atoms with Gasteiger partial charge in [-0.05, 0) is 68.2 Å². The van der Waals surface area contributed by atoms with Crippen molar-refractivity contribution >= 4 is 11.8 Å². The van der Waals surface area contributed by atoms with Crippen molar-refractivity contribution in [1.82, 2.24) is 15.1 Å². The number of hydrogen-bond acceptors (Lipinski definition) is 3. The highest BCUT2D eigenvalue weighted by Gasteiger charge is 2.34. The van der Waals surface area contributed by atoms with E-state index >= 15 is 0 Å². The highest BCUT2D eigenvalue weighted by Crippen LogP contribution is 2.33. The third kappa shape index (κ3) is 4.70. The SMILES string of the molecule is O=C(C[C@H](c1ccc(F)cc1)N1Cc2ccccc2C1=O)NCCCN1CCCC1. The van der Waals surface area contributed by atoms with Crippen LogP contribution in [0.25, 0.3) is 0 Å². The Balaban J connectivity index is 1.41. The van der Waals surface area contributed by atoms with E-state index in [1.165, 1.54) is 25.0 Å². The summed E-state index contributed by atoms with van der Waals surface area (Å²) >= 11 is 0. The van der Waals surface area contributed by atoms with Crippen molar-refractivity contribution in [3.8, 4) is 0 Å². The van der Waals surface area contributed by atoms with E-state index in [1.807, 2.05) is 24.3 Å². The van der Waals surface area contributed by atoms with E-state index in [0.717, 1.165) is 37.2 Å². The predicted molar refractivity (Wildman–Crippen MR) is 113 cm³/mol. The van der Waals surface area contributed by atoms with Crippen molar-refractivity contribution in [2.24, 2.45) is 0 Å². The predicted octanol–water partition coefficient (Wildman–Crippen LogP) is 3.52. The Morgan fingerprint density at radius 3 is 2.53 bits per heavy atom. The van der Waals surface area contributed by atoms with Gasteiger partial charge < -0.3 is 15.1 Å². The molecule has 2 aliphatic heterocycles. The van der Waals surface area contributed by atoms with Crippen molar-refractivity contribution in [3.05, 3.63) is 71.0 Å². The van der Waals surface area contributed by atoms with Crippen molar-refractivity contribution in [1.29, 1.82) is 0 Å². The molecule has 0 unspecified atom stereocenters. The number of nitrogens with one attached hydrogen (secondary N) is 1. The fraction of sp³-hybridized carbons (Fsp3) is 0.417. The molecule has 6 heteroatoms. The van der Waals surface area contributed by atoms with E-state index in [2.05, 4.69) is 10.2 Å². The summed E-state index contributed by atoms with van der Waals surface area (Å²) < 4.78 is 13.5. The van der Waals surface area contributed by atoms with Gasteiger partial charge in [-0.2, -0.15) is 0 Å². The second kappa shape index (κ2) is 9.39. The largest absolute Gasteiger partial charge is 0.356 e. The number of carbonyl (C=O) groups is 2. The van der Waals surface area contributed by atoms with E-state index < -0.39 is 6.04 Å². The van der Waals surface area contributed by atoms with Crippen LogP contribution in [-0.2, 0) is 11.3 Å². The number of likely N-dealkylation sites (tertiary alicyclic amines) is 1. The standard InChI is InChI=1S/C24H28FN3O2/c25-20-10-8-18(9-11-20)22(28-17-19-6-1-2-7-21(19)24(28)30)16-23(29)26-12-5-15-27-13-3-4-14-27/h1-2,6-11,22H,3-5,12-17H2,(H,26,29)/t22-/m1/s1. The summed E-state index contributed by atoms with van der Waals surface area (Å²) in [6, 6.07) is 13.2. The minimum absolute atomic E-state index is 0.0817. The molecule has 2 aromatic carbocycles. The van der Waals surface area contributed by atoms with Gasteiger partial charge >= 0.3 is 0 Å². The average Bonchev–Trinajstić information content (AvgIpc) is 3.39. The van der Waals surface area contributed by atoms with Crippen LogP contribution in [0.15, 0.2) is 48.5 Å². The molecule has 158 valence electrons. The number of amides is 2. The van der Waals surface area contributed by atoms with Gasteiger partial charge in [-0.25, -0.2) is 4.39 Å². The number of fused-ring (bicyclic) bond motifs is 1. The molecular formula is C24H28FN3O2. The lowest BCUT2D eigenvalue weighted by atomic mass is 10.0. The molecule has 2 amide bonds. The summed E-state index contributed by atoms with van der Waals surface area (Å²) in [6.45, 7) is 4.39. The quantitative estimate of drug-likeness (QED) is 0.679. The lowest BCUT2D eigenvalue weighted by molar-refractivity contribution is -0.122. The van der Waals surface area contributed by atoms with Gasteiger partial charge in [-0.1, -0.05) is 30.3 Å². The topological polar surface area (TPSA) is 52.7 Å². The first-order valence-electron chi connectivity index (χ1n) is 10.8. The summed E-state index contributed by atoms with van der Waals surface area (Å²) in [5, 5.41) is 3.00. The van der Waals surface area contributed by atoms with Crippen LogP contribution in [0.3, 0.4) is 0 Å². The number of benzene rings is 2. The van der Waals surface area contributed by atoms with Gasteiger partial charge in [0.25, 0.3) is 5.91 Å². The summed E-state index contributed by atoms with van der Waals surface area (Å²) in [4.78, 5) is 29.8. The van der Waals surface area contributed by atoms with Gasteiger partial charge in [0.1, 0.15) is 5.82 Å². The van der Waals surface area contributed by atoms with E-state index in [9.17, 15) is 14.0 Å². The van der Waals surface area contributed by atoms with E-state index in [-0.39, 0.29) is 24.1 Å². The minimum atomic E-state index is -0.427. The molecule has 0 bridgehead atoms. The van der Waals surface area contributed by atoms with E-state index in [1.54, 1.807) is 17.0 Å². The molecule has 1 fully saturated rings. The van der Waals surface area contributed by atoms with Crippen molar-refractivity contribution < 1.29 is 14.0 Å². The third-order valence-electron chi connectivity index (χ3n) is 6.03. The maximum atomic E-state index is 13.5. The zero-order valence-corrected chi connectivity index (χ0v) is 17.1. The lowest BCUT2D eigenvalue weighted by Gasteiger charge is -2.28. The maximum absolute atomic E-state index is 13.5. The van der Waals surface area contributed by atoms with Crippen LogP contribution in [0.5, 0.6) is 0 Å². The van der Waals surface area contributed by atoms with Crippen molar-refractivity contribution in [3.63, 3.8) is 0 Å². The van der Waals surface area contributed by atoms with Crippen molar-refractivity contribution in [2.45, 2.75) is 38.3 Å². The summed E-state index contributed by atoms with van der Waals surface area (Å²) in [7, 11) is 0. The number of carbonyl (C=O) groups excluding carboxylic acids is 2. The van der Waals surface area contributed by atoms with Crippen LogP contribution in [0.2, 0.25) is 0 Å². The van der Waals surface area contributed by atoms with Crippen LogP contribution in [-0.4, -0.2) is 47.8 Å². The maximum Gasteiger partial charge on any atom is 0.255 e. The van der Waals surface area contributed by atoms with Gasteiger partial charge in [0.05, 0.1) is 12.5 Å². The Morgan fingerprint density at radius 1 is 1.07 bits per heavy atom. The number of nitrogens with zero attached hydrogens (tertiary/aromatic N) is 2. The molecule has 0 saturated carbocycles. The van der Waals surface area contributed by atoms with Crippen LogP contribution >= 0.6 is 0 Å². The van der Waals surface area contributed by atoms with Gasteiger partial charge in [0.15, 0.2) is 0 Å². The highest BCUT2D eigenvalue weighted by molar-refractivity contribution is 5.98. The van der Waals surface area contributed by atoms with Crippen LogP contribution in [0, 0.1) is 5.82 Å². The number of rotatable bonds is 8. The molecule has 5 nitrogen and oxygen atoms in total.